The van der Waals surface area contributed by atoms with Gasteiger partial charge in [0.15, 0.2) is 11.5 Å². The highest BCUT2D eigenvalue weighted by atomic mass is 16.6. The number of nitrogens with zero attached hydrogens (tertiary/aromatic N) is 2. The molecule has 3 heterocycles. The van der Waals surface area contributed by atoms with Crippen LogP contribution in [0.4, 0.5) is 10.5 Å². The molecule has 4 rings (SSSR count). The first-order valence-electron chi connectivity index (χ1n) is 8.79. The van der Waals surface area contributed by atoms with Crippen molar-refractivity contribution in [2.24, 2.45) is 0 Å². The predicted octanol–water partition coefficient (Wildman–Crippen LogP) is 0.110. The smallest absolute Gasteiger partial charge is 0.329 e. The molecule has 0 saturated carbocycles. The first kappa shape index (κ1) is 16.9. The van der Waals surface area contributed by atoms with Crippen molar-refractivity contribution in [3.63, 3.8) is 0 Å². The Morgan fingerprint density at radius 2 is 1.85 bits per heavy atom. The minimum Gasteiger partial charge on any atom is -0.486 e. The fourth-order valence-electron chi connectivity index (χ4n) is 3.29. The topological polar surface area (TPSA) is 92.4 Å². The molecular formula is C17H22N4O5. The first-order valence-corrected chi connectivity index (χ1v) is 8.79. The van der Waals surface area contributed by atoms with E-state index in [9.17, 15) is 9.59 Å². The zero-order valence-electron chi connectivity index (χ0n) is 14.4. The van der Waals surface area contributed by atoms with Crippen LogP contribution in [-0.2, 0) is 9.53 Å². The monoisotopic (exact) mass is 362 g/mol. The maximum atomic E-state index is 12.4. The lowest BCUT2D eigenvalue weighted by Gasteiger charge is -2.27. The molecule has 0 aromatic heterocycles. The summed E-state index contributed by atoms with van der Waals surface area (Å²) >= 11 is 0. The molecule has 0 aliphatic carbocycles. The van der Waals surface area contributed by atoms with Gasteiger partial charge < -0.3 is 24.4 Å². The summed E-state index contributed by atoms with van der Waals surface area (Å²) in [4.78, 5) is 26.2. The van der Waals surface area contributed by atoms with Crippen molar-refractivity contribution in [1.82, 2.24) is 15.8 Å². The van der Waals surface area contributed by atoms with Crippen LogP contribution in [0.25, 0.3) is 0 Å². The van der Waals surface area contributed by atoms with Gasteiger partial charge in [0.25, 0.3) is 0 Å². The van der Waals surface area contributed by atoms with E-state index in [1.54, 1.807) is 4.90 Å². The second kappa shape index (κ2) is 7.38. The molecule has 140 valence electrons. The summed E-state index contributed by atoms with van der Waals surface area (Å²) in [6.07, 6.45) is 0.269. The molecule has 9 nitrogen and oxygen atoms in total. The van der Waals surface area contributed by atoms with Crippen molar-refractivity contribution in [1.29, 1.82) is 0 Å². The minimum atomic E-state index is -0.297. The Hall–Kier alpha value is -2.52. The van der Waals surface area contributed by atoms with Crippen LogP contribution in [0.3, 0.4) is 0 Å². The number of benzene rings is 1. The standard InChI is InChI=1S/C17H22N4O5/c22-16-9-12(18-17(23)19-20-3-5-24-6-4-20)11-21(16)13-1-2-14-15(10-13)26-8-7-25-14/h1-2,10,12H,3-9,11H2,(H2,18,19,23)/t12-/m0/s1. The molecule has 3 aliphatic rings. The summed E-state index contributed by atoms with van der Waals surface area (Å²) in [5.74, 6) is 1.30. The number of rotatable bonds is 3. The van der Waals surface area contributed by atoms with Gasteiger partial charge in [-0.2, -0.15) is 0 Å². The van der Waals surface area contributed by atoms with Gasteiger partial charge in [0, 0.05) is 37.8 Å². The highest BCUT2D eigenvalue weighted by molar-refractivity contribution is 5.97. The van der Waals surface area contributed by atoms with E-state index < -0.39 is 0 Å². The van der Waals surface area contributed by atoms with Gasteiger partial charge in [-0.1, -0.05) is 0 Å². The van der Waals surface area contributed by atoms with E-state index in [1.165, 1.54) is 0 Å². The summed E-state index contributed by atoms with van der Waals surface area (Å²) in [5.41, 5.74) is 3.54. The van der Waals surface area contributed by atoms with Crippen molar-refractivity contribution in [3.8, 4) is 11.5 Å². The Morgan fingerprint density at radius 3 is 2.65 bits per heavy atom. The number of amides is 3. The number of morpholine rings is 1. The summed E-state index contributed by atoms with van der Waals surface area (Å²) in [7, 11) is 0. The van der Waals surface area contributed by atoms with Gasteiger partial charge in [-0.3, -0.25) is 10.2 Å². The molecule has 2 fully saturated rings. The molecule has 1 aromatic carbocycles. The van der Waals surface area contributed by atoms with Crippen LogP contribution in [0.5, 0.6) is 11.5 Å². The molecule has 2 N–H and O–H groups in total. The third kappa shape index (κ3) is 3.68. The Kier molecular flexibility index (Phi) is 4.81. The third-order valence-electron chi connectivity index (χ3n) is 4.57. The van der Waals surface area contributed by atoms with E-state index in [2.05, 4.69) is 10.7 Å². The molecule has 3 amide bonds. The average molecular weight is 362 g/mol. The van der Waals surface area contributed by atoms with Crippen LogP contribution in [0.2, 0.25) is 0 Å². The number of hydrogen-bond donors (Lipinski definition) is 2. The van der Waals surface area contributed by atoms with E-state index >= 15 is 0 Å². The highest BCUT2D eigenvalue weighted by Crippen LogP contribution is 2.35. The van der Waals surface area contributed by atoms with E-state index in [0.717, 1.165) is 5.69 Å². The number of fused-ring (bicyclic) bond motifs is 1. The first-order chi connectivity index (χ1) is 12.7. The Morgan fingerprint density at radius 1 is 1.08 bits per heavy atom. The number of nitrogens with one attached hydrogen (secondary N) is 2. The largest absolute Gasteiger partial charge is 0.486 e. The number of carbonyl (C=O) groups is 2. The maximum absolute atomic E-state index is 12.4. The maximum Gasteiger partial charge on any atom is 0.329 e. The van der Waals surface area contributed by atoms with Crippen molar-refractivity contribution in [2.45, 2.75) is 12.5 Å². The van der Waals surface area contributed by atoms with Crippen LogP contribution >= 0.6 is 0 Å². The van der Waals surface area contributed by atoms with Gasteiger partial charge in [-0.25, -0.2) is 9.80 Å². The molecule has 0 radical (unpaired) electrons. The molecule has 0 spiro atoms. The molecule has 9 heteroatoms. The van der Waals surface area contributed by atoms with Crippen LogP contribution in [-0.4, -0.2) is 69.1 Å². The molecule has 3 aliphatic heterocycles. The normalized spacial score (nSPS) is 23.0. The minimum absolute atomic E-state index is 0.0293. The zero-order valence-corrected chi connectivity index (χ0v) is 14.4. The fraction of sp³-hybridized carbons (Fsp3) is 0.529. The predicted molar refractivity (Wildman–Crippen MR) is 92.2 cm³/mol. The van der Waals surface area contributed by atoms with Gasteiger partial charge in [-0.05, 0) is 12.1 Å². The number of carbonyl (C=O) groups excluding carboxylic acids is 2. The van der Waals surface area contributed by atoms with Gasteiger partial charge in [0.1, 0.15) is 13.2 Å². The number of hydrogen-bond acceptors (Lipinski definition) is 6. The quantitative estimate of drug-likeness (QED) is 0.793. The lowest BCUT2D eigenvalue weighted by atomic mass is 10.2. The summed E-state index contributed by atoms with van der Waals surface area (Å²) < 4.78 is 16.3. The molecule has 26 heavy (non-hydrogen) atoms. The zero-order chi connectivity index (χ0) is 17.9. The second-order valence-corrected chi connectivity index (χ2v) is 6.42. The summed E-state index contributed by atoms with van der Waals surface area (Å²) in [6, 6.07) is 4.91. The van der Waals surface area contributed by atoms with Crippen molar-refractivity contribution < 1.29 is 23.8 Å². The van der Waals surface area contributed by atoms with Crippen molar-refractivity contribution >= 4 is 17.6 Å². The van der Waals surface area contributed by atoms with Gasteiger partial charge in [-0.15, -0.1) is 0 Å². The van der Waals surface area contributed by atoms with E-state index in [1.807, 2.05) is 23.2 Å². The molecule has 2 saturated heterocycles. The Labute approximate surface area is 151 Å². The second-order valence-electron chi connectivity index (χ2n) is 6.42. The lowest BCUT2D eigenvalue weighted by molar-refractivity contribution is -0.117. The molecule has 0 bridgehead atoms. The number of hydrazine groups is 1. The van der Waals surface area contributed by atoms with Crippen molar-refractivity contribution in [3.05, 3.63) is 18.2 Å². The van der Waals surface area contributed by atoms with Crippen LogP contribution in [0.15, 0.2) is 18.2 Å². The highest BCUT2D eigenvalue weighted by Gasteiger charge is 2.32. The van der Waals surface area contributed by atoms with E-state index in [4.69, 9.17) is 14.2 Å². The van der Waals surface area contributed by atoms with Crippen LogP contribution in [0, 0.1) is 0 Å². The Bertz CT molecular complexity index is 692. The van der Waals surface area contributed by atoms with Gasteiger partial charge in [0.05, 0.1) is 19.3 Å². The van der Waals surface area contributed by atoms with E-state index in [-0.39, 0.29) is 24.4 Å². The SMILES string of the molecule is O=C(N[C@H]1CC(=O)N(c2ccc3c(c2)OCCO3)C1)NN1CCOCC1. The Balaban J connectivity index is 1.35. The number of anilines is 1. The average Bonchev–Trinajstić information content (AvgIpc) is 3.02. The molecular weight excluding hydrogens is 340 g/mol. The number of ether oxygens (including phenoxy) is 3. The van der Waals surface area contributed by atoms with Crippen molar-refractivity contribution in [2.75, 3.05) is 51.0 Å². The van der Waals surface area contributed by atoms with E-state index in [0.29, 0.717) is 57.6 Å². The summed E-state index contributed by atoms with van der Waals surface area (Å²) in [6.45, 7) is 3.95. The van der Waals surface area contributed by atoms with Crippen LogP contribution < -0.4 is 25.1 Å². The van der Waals surface area contributed by atoms with Gasteiger partial charge >= 0.3 is 6.03 Å². The number of urea groups is 1. The lowest BCUT2D eigenvalue weighted by Crippen LogP contribution is -2.53. The molecule has 1 atom stereocenters. The fourth-order valence-corrected chi connectivity index (χ4v) is 3.29. The third-order valence-corrected chi connectivity index (χ3v) is 4.57. The van der Waals surface area contributed by atoms with Gasteiger partial charge in [0.2, 0.25) is 5.91 Å². The molecule has 0 unspecified atom stereocenters. The summed E-state index contributed by atoms with van der Waals surface area (Å²) in [5, 5.41) is 4.68. The van der Waals surface area contributed by atoms with Crippen LogP contribution in [0.1, 0.15) is 6.42 Å². The molecule has 1 aromatic rings.